The molecule has 1 aliphatic rings. The summed E-state index contributed by atoms with van der Waals surface area (Å²) in [4.78, 5) is 13.7. The minimum Gasteiger partial charge on any atom is -0.392 e. The molecule has 0 saturated heterocycles. The van der Waals surface area contributed by atoms with Crippen molar-refractivity contribution in [3.63, 3.8) is 0 Å². The number of para-hydroxylation sites is 1. The Morgan fingerprint density at radius 1 is 1.59 bits per heavy atom. The smallest absolute Gasteiger partial charge is 0.245 e. The summed E-state index contributed by atoms with van der Waals surface area (Å²) in [6, 6.07) is 7.75. The van der Waals surface area contributed by atoms with Crippen molar-refractivity contribution in [1.29, 1.82) is 0 Å². The lowest BCUT2D eigenvalue weighted by Gasteiger charge is -2.22. The second-order valence-electron chi connectivity index (χ2n) is 4.63. The quantitative estimate of drug-likeness (QED) is 0.815. The first-order chi connectivity index (χ1) is 8.08. The number of carbonyl (C=O) groups excluding carboxylic acids is 1. The fourth-order valence-electron chi connectivity index (χ4n) is 2.20. The van der Waals surface area contributed by atoms with Crippen molar-refractivity contribution >= 4 is 11.6 Å². The Hall–Kier alpha value is -1.55. The van der Waals surface area contributed by atoms with Gasteiger partial charge < -0.3 is 15.3 Å². The predicted octanol–water partition coefficient (Wildman–Crippen LogP) is 0.862. The first kappa shape index (κ1) is 11.9. The maximum Gasteiger partial charge on any atom is 0.245 e. The average molecular weight is 234 g/mol. The van der Waals surface area contributed by atoms with Crippen molar-refractivity contribution in [2.75, 3.05) is 18.9 Å². The highest BCUT2D eigenvalue weighted by Gasteiger charge is 2.28. The summed E-state index contributed by atoms with van der Waals surface area (Å²) in [6.07, 6.45) is 0.229. The van der Waals surface area contributed by atoms with E-state index in [9.17, 15) is 9.90 Å². The highest BCUT2D eigenvalue weighted by Crippen LogP contribution is 2.25. The molecule has 17 heavy (non-hydrogen) atoms. The second kappa shape index (κ2) is 4.75. The van der Waals surface area contributed by atoms with Gasteiger partial charge in [-0.1, -0.05) is 18.2 Å². The molecule has 92 valence electrons. The molecule has 2 rings (SSSR count). The average Bonchev–Trinajstić information content (AvgIpc) is 2.70. The van der Waals surface area contributed by atoms with Crippen LogP contribution in [0.25, 0.3) is 0 Å². The number of amides is 1. The van der Waals surface area contributed by atoms with E-state index in [0.29, 0.717) is 6.54 Å². The number of aliphatic hydroxyl groups excluding tert-OH is 1. The van der Waals surface area contributed by atoms with Crippen molar-refractivity contribution < 1.29 is 9.90 Å². The Morgan fingerprint density at radius 2 is 2.29 bits per heavy atom. The van der Waals surface area contributed by atoms with Gasteiger partial charge in [0.25, 0.3) is 0 Å². The first-order valence-corrected chi connectivity index (χ1v) is 5.85. The van der Waals surface area contributed by atoms with Crippen LogP contribution in [0.1, 0.15) is 12.5 Å². The fraction of sp³-hybridized carbons (Fsp3) is 0.462. The SMILES string of the molecule is CC(O)CN(C)C(=O)C1Cc2ccccc2N1. The Kier molecular flexibility index (Phi) is 3.33. The molecule has 0 bridgehead atoms. The van der Waals surface area contributed by atoms with Gasteiger partial charge in [-0.05, 0) is 18.6 Å². The van der Waals surface area contributed by atoms with Gasteiger partial charge >= 0.3 is 0 Å². The maximum atomic E-state index is 12.1. The van der Waals surface area contributed by atoms with Gasteiger partial charge in [-0.2, -0.15) is 0 Å². The van der Waals surface area contributed by atoms with Crippen LogP contribution < -0.4 is 5.32 Å². The molecule has 1 amide bonds. The minimum absolute atomic E-state index is 0.0297. The summed E-state index contributed by atoms with van der Waals surface area (Å²) in [5.41, 5.74) is 2.22. The zero-order valence-electron chi connectivity index (χ0n) is 10.2. The lowest BCUT2D eigenvalue weighted by molar-refractivity contribution is -0.131. The summed E-state index contributed by atoms with van der Waals surface area (Å²) < 4.78 is 0. The molecule has 1 heterocycles. The van der Waals surface area contributed by atoms with E-state index >= 15 is 0 Å². The molecule has 4 nitrogen and oxygen atoms in total. The molecule has 0 spiro atoms. The standard InChI is InChI=1S/C13H18N2O2/c1-9(16)8-15(2)13(17)12-7-10-5-3-4-6-11(10)14-12/h3-6,9,12,14,16H,7-8H2,1-2H3. The molecule has 4 heteroatoms. The number of aliphatic hydroxyl groups is 1. The van der Waals surface area contributed by atoms with Crippen LogP contribution >= 0.6 is 0 Å². The van der Waals surface area contributed by atoms with Gasteiger partial charge in [0.05, 0.1) is 6.10 Å². The number of benzene rings is 1. The molecule has 1 aromatic carbocycles. The molecule has 0 saturated carbocycles. The van der Waals surface area contributed by atoms with Crippen LogP contribution in [0.5, 0.6) is 0 Å². The highest BCUT2D eigenvalue weighted by atomic mass is 16.3. The van der Waals surface area contributed by atoms with Gasteiger partial charge in [0.2, 0.25) is 5.91 Å². The van der Waals surface area contributed by atoms with Gasteiger partial charge in [-0.3, -0.25) is 4.79 Å². The zero-order valence-corrected chi connectivity index (χ0v) is 10.2. The third-order valence-corrected chi connectivity index (χ3v) is 2.98. The van der Waals surface area contributed by atoms with Crippen molar-refractivity contribution in [2.24, 2.45) is 0 Å². The van der Waals surface area contributed by atoms with Gasteiger partial charge in [0, 0.05) is 25.7 Å². The van der Waals surface area contributed by atoms with Crippen LogP contribution in [0.3, 0.4) is 0 Å². The van der Waals surface area contributed by atoms with E-state index < -0.39 is 6.10 Å². The number of fused-ring (bicyclic) bond motifs is 1. The van der Waals surface area contributed by atoms with Crippen LogP contribution in [-0.2, 0) is 11.2 Å². The number of carbonyl (C=O) groups is 1. The topological polar surface area (TPSA) is 52.6 Å². The molecular weight excluding hydrogens is 216 g/mol. The van der Waals surface area contributed by atoms with Gasteiger partial charge in [-0.15, -0.1) is 0 Å². The fourth-order valence-corrected chi connectivity index (χ4v) is 2.20. The van der Waals surface area contributed by atoms with E-state index in [0.717, 1.165) is 12.1 Å². The highest BCUT2D eigenvalue weighted by molar-refractivity contribution is 5.87. The number of rotatable bonds is 3. The van der Waals surface area contributed by atoms with Crippen molar-refractivity contribution in [2.45, 2.75) is 25.5 Å². The van der Waals surface area contributed by atoms with E-state index in [4.69, 9.17) is 0 Å². The third-order valence-electron chi connectivity index (χ3n) is 2.98. The zero-order chi connectivity index (χ0) is 12.4. The number of nitrogens with one attached hydrogen (secondary N) is 1. The number of nitrogens with zero attached hydrogens (tertiary/aromatic N) is 1. The summed E-state index contributed by atoms with van der Waals surface area (Å²) in [5, 5.41) is 12.5. The van der Waals surface area contributed by atoms with Crippen LogP contribution in [0.4, 0.5) is 5.69 Å². The van der Waals surface area contributed by atoms with Crippen molar-refractivity contribution in [1.82, 2.24) is 4.90 Å². The Morgan fingerprint density at radius 3 is 2.94 bits per heavy atom. The molecule has 2 atom stereocenters. The molecule has 2 N–H and O–H groups in total. The van der Waals surface area contributed by atoms with Gasteiger partial charge in [0.1, 0.15) is 6.04 Å². The normalized spacial score (nSPS) is 19.4. The van der Waals surface area contributed by atoms with Crippen LogP contribution in [0.2, 0.25) is 0 Å². The predicted molar refractivity (Wildman–Crippen MR) is 66.9 cm³/mol. The Labute approximate surface area is 101 Å². The van der Waals surface area contributed by atoms with Crippen LogP contribution in [0, 0.1) is 0 Å². The van der Waals surface area contributed by atoms with Crippen LogP contribution in [0.15, 0.2) is 24.3 Å². The summed E-state index contributed by atoms with van der Waals surface area (Å²) in [7, 11) is 1.72. The van der Waals surface area contributed by atoms with Crippen LogP contribution in [-0.4, -0.2) is 41.7 Å². The molecule has 2 unspecified atom stereocenters. The van der Waals surface area contributed by atoms with E-state index in [1.807, 2.05) is 24.3 Å². The largest absolute Gasteiger partial charge is 0.392 e. The van der Waals surface area contributed by atoms with Crippen molar-refractivity contribution in [3.05, 3.63) is 29.8 Å². The molecule has 0 radical (unpaired) electrons. The van der Waals surface area contributed by atoms with E-state index in [1.54, 1.807) is 18.9 Å². The summed E-state index contributed by atoms with van der Waals surface area (Å²) in [6.45, 7) is 2.05. The summed E-state index contributed by atoms with van der Waals surface area (Å²) >= 11 is 0. The van der Waals surface area contributed by atoms with Crippen molar-refractivity contribution in [3.8, 4) is 0 Å². The molecule has 1 aliphatic heterocycles. The minimum atomic E-state index is -0.493. The third kappa shape index (κ3) is 2.58. The molecule has 0 aromatic heterocycles. The van der Waals surface area contributed by atoms with E-state index in [2.05, 4.69) is 5.32 Å². The lowest BCUT2D eigenvalue weighted by atomic mass is 10.1. The van der Waals surface area contributed by atoms with E-state index in [1.165, 1.54) is 5.56 Å². The molecule has 0 fully saturated rings. The maximum absolute atomic E-state index is 12.1. The molecular formula is C13H18N2O2. The summed E-state index contributed by atoms with van der Waals surface area (Å²) in [5.74, 6) is 0.0297. The van der Waals surface area contributed by atoms with E-state index in [-0.39, 0.29) is 11.9 Å². The monoisotopic (exact) mass is 234 g/mol. The van der Waals surface area contributed by atoms with Gasteiger partial charge in [-0.25, -0.2) is 0 Å². The Bertz CT molecular complexity index is 393. The second-order valence-corrected chi connectivity index (χ2v) is 4.63. The lowest BCUT2D eigenvalue weighted by Crippen LogP contribution is -2.42. The number of likely N-dealkylation sites (N-methyl/N-ethyl adjacent to an activating group) is 1. The number of anilines is 1. The number of hydrogen-bond acceptors (Lipinski definition) is 3. The van der Waals surface area contributed by atoms with Gasteiger partial charge in [0.15, 0.2) is 0 Å². The molecule has 0 aliphatic carbocycles. The first-order valence-electron chi connectivity index (χ1n) is 5.85. The molecule has 1 aromatic rings. The number of hydrogen-bond donors (Lipinski definition) is 2. The Balaban J connectivity index is 2.01.